The number of nitrogens with two attached hydrogens (primary N) is 1. The van der Waals surface area contributed by atoms with Crippen molar-refractivity contribution in [2.24, 2.45) is 17.2 Å². The highest BCUT2D eigenvalue weighted by Crippen LogP contribution is 2.30. The van der Waals surface area contributed by atoms with Crippen LogP contribution in [0.25, 0.3) is 0 Å². The highest BCUT2D eigenvalue weighted by Gasteiger charge is 2.20. The van der Waals surface area contributed by atoms with Crippen LogP contribution in [0.4, 0.5) is 8.78 Å². The fourth-order valence-electron chi connectivity index (χ4n) is 2.61. The van der Waals surface area contributed by atoms with Crippen molar-refractivity contribution in [1.82, 2.24) is 5.43 Å². The molecule has 0 bridgehead atoms. The molecule has 0 radical (unpaired) electrons. The van der Waals surface area contributed by atoms with Crippen molar-refractivity contribution >= 4 is 0 Å². The Kier molecular flexibility index (Phi) is 5.44. The molecule has 0 aliphatic carbocycles. The van der Waals surface area contributed by atoms with E-state index in [4.69, 9.17) is 5.84 Å². The topological polar surface area (TPSA) is 38.0 Å². The maximum absolute atomic E-state index is 13.2. The molecule has 108 valence electrons. The number of hydrogen-bond acceptors (Lipinski definition) is 2. The standard InChI is InChI=1S/C15H24F2N2/c1-10(9-15(2,3)4)5-14(19-18)11-6-12(16)8-13(17)7-11/h6-8,10,14,19H,5,9,18H2,1-4H3. The molecule has 0 amide bonds. The molecule has 0 heterocycles. The molecule has 19 heavy (non-hydrogen) atoms. The summed E-state index contributed by atoms with van der Waals surface area (Å²) in [5, 5.41) is 0. The summed E-state index contributed by atoms with van der Waals surface area (Å²) in [7, 11) is 0. The van der Waals surface area contributed by atoms with Gasteiger partial charge in [0.1, 0.15) is 11.6 Å². The second kappa shape index (κ2) is 6.44. The molecule has 0 saturated heterocycles. The maximum Gasteiger partial charge on any atom is 0.126 e. The van der Waals surface area contributed by atoms with Crippen molar-refractivity contribution in [2.75, 3.05) is 0 Å². The number of benzene rings is 1. The van der Waals surface area contributed by atoms with Crippen molar-refractivity contribution < 1.29 is 8.78 Å². The van der Waals surface area contributed by atoms with Crippen LogP contribution in [0.2, 0.25) is 0 Å². The third-order valence-electron chi connectivity index (χ3n) is 3.09. The minimum Gasteiger partial charge on any atom is -0.271 e. The zero-order valence-electron chi connectivity index (χ0n) is 12.1. The summed E-state index contributed by atoms with van der Waals surface area (Å²) in [6, 6.07) is 3.30. The summed E-state index contributed by atoms with van der Waals surface area (Å²) < 4.78 is 26.4. The minimum absolute atomic E-state index is 0.228. The van der Waals surface area contributed by atoms with E-state index in [1.807, 2.05) is 0 Å². The van der Waals surface area contributed by atoms with Gasteiger partial charge in [-0.1, -0.05) is 27.7 Å². The Morgan fingerprint density at radius 2 is 1.68 bits per heavy atom. The highest BCUT2D eigenvalue weighted by atomic mass is 19.1. The predicted octanol–water partition coefficient (Wildman–Crippen LogP) is 3.93. The van der Waals surface area contributed by atoms with Crippen molar-refractivity contribution in [3.63, 3.8) is 0 Å². The van der Waals surface area contributed by atoms with Crippen molar-refractivity contribution in [3.8, 4) is 0 Å². The van der Waals surface area contributed by atoms with Gasteiger partial charge in [0.2, 0.25) is 0 Å². The first-order chi connectivity index (χ1) is 8.71. The van der Waals surface area contributed by atoms with Gasteiger partial charge < -0.3 is 0 Å². The van der Waals surface area contributed by atoms with Crippen LogP contribution in [0.5, 0.6) is 0 Å². The monoisotopic (exact) mass is 270 g/mol. The van der Waals surface area contributed by atoms with Gasteiger partial charge in [0.05, 0.1) is 0 Å². The first-order valence-corrected chi connectivity index (χ1v) is 6.63. The Bertz CT molecular complexity index is 393. The molecular weight excluding hydrogens is 246 g/mol. The first kappa shape index (κ1) is 16.1. The van der Waals surface area contributed by atoms with Crippen LogP contribution >= 0.6 is 0 Å². The van der Waals surface area contributed by atoms with Crippen molar-refractivity contribution in [1.29, 1.82) is 0 Å². The Morgan fingerprint density at radius 1 is 1.16 bits per heavy atom. The lowest BCUT2D eigenvalue weighted by atomic mass is 9.82. The van der Waals surface area contributed by atoms with E-state index in [9.17, 15) is 8.78 Å². The van der Waals surface area contributed by atoms with E-state index in [1.54, 1.807) is 0 Å². The van der Waals surface area contributed by atoms with Gasteiger partial charge in [0.25, 0.3) is 0 Å². The quantitative estimate of drug-likeness (QED) is 0.628. The zero-order chi connectivity index (χ0) is 14.6. The lowest BCUT2D eigenvalue weighted by molar-refractivity contribution is 0.276. The smallest absolute Gasteiger partial charge is 0.126 e. The summed E-state index contributed by atoms with van der Waals surface area (Å²) in [5.74, 6) is 4.79. The van der Waals surface area contributed by atoms with E-state index < -0.39 is 11.6 Å². The van der Waals surface area contributed by atoms with Crippen LogP contribution in [-0.2, 0) is 0 Å². The van der Waals surface area contributed by atoms with Gasteiger partial charge in [-0.05, 0) is 41.9 Å². The fourth-order valence-corrected chi connectivity index (χ4v) is 2.61. The summed E-state index contributed by atoms with van der Waals surface area (Å²) in [6.45, 7) is 8.66. The van der Waals surface area contributed by atoms with Gasteiger partial charge in [-0.2, -0.15) is 0 Å². The third kappa shape index (κ3) is 5.66. The summed E-state index contributed by atoms with van der Waals surface area (Å²) in [5.41, 5.74) is 3.44. The molecule has 1 aromatic carbocycles. The molecule has 0 fully saturated rings. The number of hydrogen-bond donors (Lipinski definition) is 2. The molecule has 2 nitrogen and oxygen atoms in total. The lowest BCUT2D eigenvalue weighted by Crippen LogP contribution is -2.30. The number of hydrazine groups is 1. The molecule has 4 heteroatoms. The van der Waals surface area contributed by atoms with Crippen molar-refractivity contribution in [3.05, 3.63) is 35.4 Å². The van der Waals surface area contributed by atoms with Gasteiger partial charge in [0, 0.05) is 12.1 Å². The first-order valence-electron chi connectivity index (χ1n) is 6.63. The van der Waals surface area contributed by atoms with Crippen LogP contribution in [0.1, 0.15) is 52.1 Å². The van der Waals surface area contributed by atoms with Gasteiger partial charge in [-0.15, -0.1) is 0 Å². The summed E-state index contributed by atoms with van der Waals surface area (Å²) in [6.07, 6.45) is 1.78. The Hall–Kier alpha value is -1.00. The van der Waals surface area contributed by atoms with E-state index in [1.165, 1.54) is 12.1 Å². The summed E-state index contributed by atoms with van der Waals surface area (Å²) in [4.78, 5) is 0. The van der Waals surface area contributed by atoms with Gasteiger partial charge >= 0.3 is 0 Å². The fraction of sp³-hybridized carbons (Fsp3) is 0.600. The molecule has 2 unspecified atom stereocenters. The minimum atomic E-state index is -0.571. The van der Waals surface area contributed by atoms with E-state index in [-0.39, 0.29) is 11.5 Å². The average molecular weight is 270 g/mol. The lowest BCUT2D eigenvalue weighted by Gasteiger charge is -2.26. The molecular formula is C15H24F2N2. The molecule has 3 N–H and O–H groups in total. The predicted molar refractivity (Wildman–Crippen MR) is 74.3 cm³/mol. The van der Waals surface area contributed by atoms with Crippen LogP contribution in [0, 0.1) is 23.0 Å². The van der Waals surface area contributed by atoms with Crippen LogP contribution in [0.15, 0.2) is 18.2 Å². The van der Waals surface area contributed by atoms with Gasteiger partial charge in [-0.25, -0.2) is 8.78 Å². The molecule has 0 saturated carbocycles. The molecule has 1 rings (SSSR count). The van der Waals surface area contributed by atoms with Crippen LogP contribution < -0.4 is 11.3 Å². The number of rotatable bonds is 5. The Balaban J connectivity index is 2.77. The Morgan fingerprint density at radius 3 is 2.11 bits per heavy atom. The van der Waals surface area contributed by atoms with Crippen molar-refractivity contribution in [2.45, 2.75) is 46.6 Å². The van der Waals surface area contributed by atoms with Gasteiger partial charge in [-0.3, -0.25) is 11.3 Å². The van der Waals surface area contributed by atoms with Gasteiger partial charge in [0.15, 0.2) is 0 Å². The van der Waals surface area contributed by atoms with E-state index in [2.05, 4.69) is 33.1 Å². The third-order valence-corrected chi connectivity index (χ3v) is 3.09. The maximum atomic E-state index is 13.2. The largest absolute Gasteiger partial charge is 0.271 e. The molecule has 2 atom stereocenters. The molecule has 0 aliphatic heterocycles. The van der Waals surface area contributed by atoms with E-state index in [0.29, 0.717) is 11.5 Å². The molecule has 0 spiro atoms. The second-order valence-corrected chi connectivity index (χ2v) is 6.53. The highest BCUT2D eigenvalue weighted by molar-refractivity contribution is 5.21. The Labute approximate surface area is 114 Å². The molecule has 1 aromatic rings. The van der Waals surface area contributed by atoms with E-state index in [0.717, 1.165) is 18.9 Å². The number of nitrogens with one attached hydrogen (secondary N) is 1. The summed E-state index contributed by atoms with van der Waals surface area (Å²) >= 11 is 0. The van der Waals surface area contributed by atoms with Crippen LogP contribution in [-0.4, -0.2) is 0 Å². The molecule has 0 aliphatic rings. The van der Waals surface area contributed by atoms with E-state index >= 15 is 0 Å². The zero-order valence-corrected chi connectivity index (χ0v) is 12.1. The normalized spacial score (nSPS) is 15.3. The van der Waals surface area contributed by atoms with Crippen LogP contribution in [0.3, 0.4) is 0 Å². The average Bonchev–Trinajstić information content (AvgIpc) is 2.21. The SMILES string of the molecule is CC(CC(NN)c1cc(F)cc(F)c1)CC(C)(C)C. The molecule has 0 aromatic heterocycles. The second-order valence-electron chi connectivity index (χ2n) is 6.53. The number of halogens is 2.